The third kappa shape index (κ3) is 18.0. The average molecular weight is 1550 g/mol. The number of amides is 2. The van der Waals surface area contributed by atoms with Gasteiger partial charge in [-0.1, -0.05) is 27.2 Å². The van der Waals surface area contributed by atoms with Crippen LogP contribution in [-0.4, -0.2) is 439 Å². The number of ether oxygens (including phenoxy) is 16. The molecule has 0 spiro atoms. The van der Waals surface area contributed by atoms with E-state index in [0.29, 0.717) is 6.42 Å². The normalized spacial score (nSPS) is 50.6. The average Bonchev–Trinajstić information content (AvgIpc) is 0.779. The molecule has 0 aromatic heterocycles. The number of aliphatic hydroxyl groups is 24. The van der Waals surface area contributed by atoms with Gasteiger partial charge in [-0.05, 0) is 18.8 Å². The van der Waals surface area contributed by atoms with Crippen LogP contribution in [0.3, 0.4) is 0 Å². The Morgan fingerprint density at radius 1 is 0.333 bits per heavy atom. The molecule has 0 aromatic rings. The Morgan fingerprint density at radius 2 is 0.505 bits per heavy atom. The van der Waals surface area contributed by atoms with Crippen molar-refractivity contribution in [2.75, 3.05) is 52.9 Å². The molecule has 602 valence electrons. The van der Waals surface area contributed by atoms with Crippen LogP contribution in [0.4, 0.5) is 0 Å². The number of aliphatic hydroxyl groups excluding tert-OH is 24. The fourth-order valence-corrected chi connectivity index (χ4v) is 14.2. The van der Waals surface area contributed by atoms with Gasteiger partial charge in [-0.2, -0.15) is 0 Å². The second kappa shape index (κ2) is 38.2. The number of carbonyl (C=O) groups is 2. The van der Waals surface area contributed by atoms with Gasteiger partial charge in [0.25, 0.3) is 5.91 Å². The van der Waals surface area contributed by atoms with E-state index in [4.69, 9.17) is 75.8 Å². The van der Waals surface area contributed by atoms with Crippen molar-refractivity contribution in [2.24, 2.45) is 16.3 Å². The van der Waals surface area contributed by atoms with Crippen LogP contribution < -0.4 is 40.0 Å². The molecule has 31 aliphatic heterocycles. The quantitative estimate of drug-likeness (QED) is 0.0637. The van der Waals surface area contributed by atoms with E-state index in [-0.39, 0.29) is 35.5 Å². The summed E-state index contributed by atoms with van der Waals surface area (Å²) in [6.45, 7) is -3.02. The van der Waals surface area contributed by atoms with Crippen molar-refractivity contribution >= 4 is 17.8 Å². The van der Waals surface area contributed by atoms with Gasteiger partial charge >= 0.3 is 29.6 Å². The molecule has 16 bridgehead atoms. The largest absolute Gasteiger partial charge is 1.00 e. The van der Waals surface area contributed by atoms with E-state index in [1.807, 2.05) is 13.8 Å². The minimum absolute atomic E-state index is 0. The summed E-state index contributed by atoms with van der Waals surface area (Å²) in [6.07, 6.45) is -79.9. The molecular weight excluding hydrogens is 1450 g/mol. The maximum atomic E-state index is 11.9. The predicted molar refractivity (Wildman–Crippen MR) is 318 cm³/mol. The maximum Gasteiger partial charge on any atom is 1.00 e. The molecule has 2 amide bonds. The Balaban J connectivity index is 0.000000725. The van der Waals surface area contributed by atoms with Gasteiger partial charge in [0.15, 0.2) is 50.3 Å². The van der Waals surface area contributed by atoms with Crippen LogP contribution in [0.15, 0.2) is 4.99 Å². The standard InChI is InChI=1S/C48H80O40.C11H18N2O3.Na/c49-1-9-33-17(57)25(65)41(73-9)82-34-10(2-50)75-43(27(67)19(34)59)84-36-12(4-52)77-45(29(69)21(36)61)86-38-14(6-54)79-47(31(71)23(38)63)88-40-16(8-56)80-48(32(72)24(40)64)87-39-15(7-55)78-46(30(70)22(39)62)85-37-13(5-53)76-44(28(68)20(37)60)83-35-11(3-51)74-42(81-33)26(66)18(35)58;1-4-6-7(3)11(5-2)8(14)12-10(16)13-9(11)15;/h9-72H,1-8H2;7H,4-6H2,1-3H3,(H2,12,13,14,15,16);/q;;+1/p-1/t9-,10-,11-,12-,13-,14-,15-,16-,17-,18-,19-,20-,21-,22-,23-,24-,25-,26-,27-,28-,29-,30-,31-,32-,33-,34-,35-,36-,37-,38-,39-,40-,41-,42-,43-,44-,45-,46-,47-,48-;;/m1../s1. The summed E-state index contributed by atoms with van der Waals surface area (Å²) >= 11 is 0. The van der Waals surface area contributed by atoms with Crippen LogP contribution in [-0.2, 0) is 85.4 Å². The third-order valence-electron chi connectivity index (χ3n) is 20.2. The van der Waals surface area contributed by atoms with E-state index in [1.54, 1.807) is 6.92 Å². The van der Waals surface area contributed by atoms with Crippen molar-refractivity contribution in [1.82, 2.24) is 5.32 Å². The van der Waals surface area contributed by atoms with Gasteiger partial charge in [0.1, 0.15) is 201 Å². The number of hydrogen-bond acceptors (Lipinski definition) is 43. The number of aliphatic imine (C=N–C) groups is 1. The summed E-state index contributed by atoms with van der Waals surface area (Å²) < 4.78 is 91.1. The molecule has 31 rings (SSSR count). The Bertz CT molecular complexity index is 2300. The van der Waals surface area contributed by atoms with Crippen molar-refractivity contribution in [3.8, 4) is 0 Å². The number of rotatable bonds is 12. The summed E-state index contributed by atoms with van der Waals surface area (Å²) in [4.78, 5) is 27.1. The van der Waals surface area contributed by atoms with Crippen molar-refractivity contribution in [3.05, 3.63) is 0 Å². The van der Waals surface area contributed by atoms with Gasteiger partial charge in [0, 0.05) is 0 Å². The number of amidine groups is 1. The maximum absolute atomic E-state index is 11.9. The fraction of sp³-hybridized carbons (Fsp3) is 0.949. The third-order valence-corrected chi connectivity index (χ3v) is 20.2. The monoisotopic (exact) mass is 1540 g/mol. The summed E-state index contributed by atoms with van der Waals surface area (Å²) in [5, 5.41) is 278. The Morgan fingerprint density at radius 3 is 0.638 bits per heavy atom. The van der Waals surface area contributed by atoms with Gasteiger partial charge in [-0.15, -0.1) is 0 Å². The van der Waals surface area contributed by atoms with E-state index >= 15 is 0 Å². The van der Waals surface area contributed by atoms with Gasteiger partial charge in [0.2, 0.25) is 5.91 Å². The van der Waals surface area contributed by atoms with Gasteiger partial charge in [0.05, 0.1) is 58.9 Å². The molecule has 31 heterocycles. The van der Waals surface area contributed by atoms with E-state index in [9.17, 15) is 137 Å². The molecule has 0 radical (unpaired) electrons. The van der Waals surface area contributed by atoms with Crippen LogP contribution in [0.2, 0.25) is 0 Å². The van der Waals surface area contributed by atoms with E-state index in [1.165, 1.54) is 0 Å². The van der Waals surface area contributed by atoms with E-state index < -0.39 is 322 Å². The zero-order valence-corrected chi connectivity index (χ0v) is 58.9. The number of nitrogens with zero attached hydrogens (tertiary/aromatic N) is 1. The van der Waals surface area contributed by atoms with Gasteiger partial charge in [-0.3, -0.25) is 9.59 Å². The molecule has 42 atom stereocenters. The molecule has 46 heteroatoms. The summed E-state index contributed by atoms with van der Waals surface area (Å²) in [7, 11) is 0. The van der Waals surface area contributed by atoms with Crippen LogP contribution >= 0.6 is 0 Å². The van der Waals surface area contributed by atoms with Crippen LogP contribution in [0, 0.1) is 11.3 Å². The molecule has 25 N–H and O–H groups in total. The molecule has 0 aromatic carbocycles. The van der Waals surface area contributed by atoms with E-state index in [0.717, 1.165) is 12.8 Å². The summed E-state index contributed by atoms with van der Waals surface area (Å²) in [6, 6.07) is -0.845. The first-order valence-electron chi connectivity index (χ1n) is 33.7. The molecular formula is C59H97N2NaO43. The van der Waals surface area contributed by atoms with Crippen molar-refractivity contribution in [1.29, 1.82) is 0 Å². The zero-order chi connectivity index (χ0) is 76.4. The molecule has 30 fully saturated rings. The second-order valence-electron chi connectivity index (χ2n) is 26.6. The first-order chi connectivity index (χ1) is 49.4. The second-order valence-corrected chi connectivity index (χ2v) is 26.6. The minimum Gasteiger partial charge on any atom is -0.846 e. The van der Waals surface area contributed by atoms with Crippen molar-refractivity contribution < 1.29 is 243 Å². The Hall–Kier alpha value is -1.99. The first-order valence-corrected chi connectivity index (χ1v) is 33.7. The predicted octanol–water partition coefficient (Wildman–Crippen LogP) is -20.2. The SMILES string of the molecule is CCCC(C)C1(CC)C(=O)N=C([O-])NC1=O.OC[C@H]1O[C@@H]2O[C@H]3[C@H](O)[C@@H](O)[C@@H](O[C@H]4[C@H](O)[C@@H](O)[C@@H](O[C@H]5[C@H](O)[C@@H](O)[C@@H](O[C@H]6[C@H](O)[C@@H](O)[C@@H](O[C@H]7[C@H](O)[C@@H](O)[C@@H](O[C@H]8[C@H](O)[C@@H](O)[C@@H](O[C@H]9[C@H](O)[C@@H](O)[C@@H](O[C@H]1[C@H](O)[C@H]2O)O[C@@H]9CO)O[C@@H]8CO)O[C@@H]7CO)O[C@@H]6CO)O[C@@H]5CO)O[C@@H]4CO)O[C@@H]3CO.[Na+]. The molecule has 0 aliphatic carbocycles. The summed E-state index contributed by atoms with van der Waals surface area (Å²) in [5.41, 5.74) is -1.15. The van der Waals surface area contributed by atoms with Crippen molar-refractivity contribution in [3.63, 3.8) is 0 Å². The molecule has 30 saturated heterocycles. The topological polar surface area (TPSA) is 715 Å². The number of hydrogen-bond donors (Lipinski definition) is 25. The molecule has 45 nitrogen and oxygen atoms in total. The zero-order valence-electron chi connectivity index (χ0n) is 56.9. The summed E-state index contributed by atoms with van der Waals surface area (Å²) in [5.74, 6) is -1.20. The first kappa shape index (κ1) is 88.6. The van der Waals surface area contributed by atoms with Crippen LogP contribution in [0.25, 0.3) is 0 Å². The molecule has 105 heavy (non-hydrogen) atoms. The minimum atomic E-state index is -2.25. The number of nitrogens with one attached hydrogen (secondary N) is 1. The van der Waals surface area contributed by atoms with Crippen LogP contribution in [0.5, 0.6) is 0 Å². The number of carbonyl (C=O) groups excluding carboxylic acids is 2. The fourth-order valence-electron chi connectivity index (χ4n) is 14.2. The Labute approximate surface area is 618 Å². The molecule has 0 saturated carbocycles. The molecule has 2 unspecified atom stereocenters. The smallest absolute Gasteiger partial charge is 0.846 e. The van der Waals surface area contributed by atoms with Gasteiger partial charge in [-0.25, -0.2) is 4.99 Å². The van der Waals surface area contributed by atoms with Gasteiger partial charge < -0.3 is 209 Å². The van der Waals surface area contributed by atoms with Crippen molar-refractivity contribution in [2.45, 2.75) is 286 Å². The van der Waals surface area contributed by atoms with Crippen LogP contribution in [0.1, 0.15) is 40.0 Å². The van der Waals surface area contributed by atoms with E-state index in [2.05, 4.69) is 10.3 Å². The molecule has 31 aliphatic rings. The Kier molecular flexibility index (Phi) is 32.2.